The topological polar surface area (TPSA) is 51.8 Å². The number of benzene rings is 9. The number of fused-ring (bicyclic) bond motifs is 7. The van der Waals surface area contributed by atoms with Gasteiger partial charge in [0.05, 0.1) is 0 Å². The summed E-state index contributed by atoms with van der Waals surface area (Å²) >= 11 is 0. The number of aromatic nitrogens is 3. The van der Waals surface area contributed by atoms with Crippen molar-refractivity contribution < 1.29 is 4.42 Å². The first-order valence-electron chi connectivity index (χ1n) is 18.5. The standard InChI is InChI=1S/C51H31N3O/c1-2-10-32(11-3-1)34-18-21-36(22-19-34)42-28-29-44(47-43-16-8-9-17-46(43)55-48(42)47)51-53-49(39-26-20-33-12-4-5-14-38(33)30-39)52-50(54-51)40-27-25-37-24-23-35-13-6-7-15-41(35)45(37)31-40/h1-31H. The first kappa shape index (κ1) is 31.1. The summed E-state index contributed by atoms with van der Waals surface area (Å²) in [5.41, 5.74) is 8.81. The van der Waals surface area contributed by atoms with E-state index in [4.69, 9.17) is 19.4 Å². The van der Waals surface area contributed by atoms with Crippen LogP contribution >= 0.6 is 0 Å². The minimum Gasteiger partial charge on any atom is -0.455 e. The van der Waals surface area contributed by atoms with Gasteiger partial charge in [0.15, 0.2) is 17.5 Å². The summed E-state index contributed by atoms with van der Waals surface area (Å²) < 4.78 is 6.71. The molecule has 9 aromatic carbocycles. The Morgan fingerprint density at radius 1 is 0.309 bits per heavy atom. The van der Waals surface area contributed by atoms with E-state index in [1.54, 1.807) is 0 Å². The molecule has 0 bridgehead atoms. The van der Waals surface area contributed by atoms with Crippen molar-refractivity contribution in [1.82, 2.24) is 15.0 Å². The van der Waals surface area contributed by atoms with Gasteiger partial charge in [0.1, 0.15) is 11.2 Å². The molecular weight excluding hydrogens is 671 g/mol. The van der Waals surface area contributed by atoms with Crippen LogP contribution in [0.3, 0.4) is 0 Å². The summed E-state index contributed by atoms with van der Waals surface area (Å²) in [6.45, 7) is 0. The maximum absolute atomic E-state index is 6.71. The van der Waals surface area contributed by atoms with Crippen molar-refractivity contribution in [2.75, 3.05) is 0 Å². The molecule has 0 radical (unpaired) electrons. The van der Waals surface area contributed by atoms with E-state index in [1.807, 2.05) is 18.2 Å². The van der Waals surface area contributed by atoms with Crippen LogP contribution in [0, 0.1) is 0 Å². The van der Waals surface area contributed by atoms with Crippen molar-refractivity contribution in [1.29, 1.82) is 0 Å². The Morgan fingerprint density at radius 3 is 1.64 bits per heavy atom. The van der Waals surface area contributed by atoms with Gasteiger partial charge in [-0.3, -0.25) is 0 Å². The highest BCUT2D eigenvalue weighted by molar-refractivity contribution is 6.16. The highest BCUT2D eigenvalue weighted by Gasteiger charge is 2.21. The Labute approximate surface area is 317 Å². The van der Waals surface area contributed by atoms with Crippen LogP contribution in [0.1, 0.15) is 0 Å². The van der Waals surface area contributed by atoms with Gasteiger partial charge in [0.2, 0.25) is 0 Å². The zero-order valence-electron chi connectivity index (χ0n) is 29.6. The van der Waals surface area contributed by atoms with Gasteiger partial charge < -0.3 is 4.42 Å². The van der Waals surface area contributed by atoms with Gasteiger partial charge in [0.25, 0.3) is 0 Å². The monoisotopic (exact) mass is 701 g/mol. The molecule has 11 rings (SSSR count). The third kappa shape index (κ3) is 5.34. The highest BCUT2D eigenvalue weighted by Crippen LogP contribution is 2.42. The number of rotatable bonds is 5. The zero-order chi connectivity index (χ0) is 36.3. The second-order valence-electron chi connectivity index (χ2n) is 14.0. The first-order chi connectivity index (χ1) is 27.2. The number of furan rings is 1. The molecule has 0 fully saturated rings. The Kier molecular flexibility index (Phi) is 7.14. The van der Waals surface area contributed by atoms with Crippen LogP contribution in [0.15, 0.2) is 192 Å². The van der Waals surface area contributed by atoms with Gasteiger partial charge in [-0.2, -0.15) is 0 Å². The van der Waals surface area contributed by atoms with Crippen LogP contribution in [0.2, 0.25) is 0 Å². The second kappa shape index (κ2) is 12.6. The van der Waals surface area contributed by atoms with Crippen molar-refractivity contribution in [2.24, 2.45) is 0 Å². The Morgan fingerprint density at radius 2 is 0.836 bits per heavy atom. The Bertz CT molecular complexity index is 3260. The molecule has 4 nitrogen and oxygen atoms in total. The summed E-state index contributed by atoms with van der Waals surface area (Å²) in [6, 6.07) is 65.8. The van der Waals surface area contributed by atoms with E-state index in [-0.39, 0.29) is 0 Å². The van der Waals surface area contributed by atoms with E-state index >= 15 is 0 Å². The van der Waals surface area contributed by atoms with Gasteiger partial charge in [-0.15, -0.1) is 0 Å². The van der Waals surface area contributed by atoms with Crippen LogP contribution in [0.25, 0.3) is 111 Å². The van der Waals surface area contributed by atoms with Gasteiger partial charge in [0, 0.05) is 33.0 Å². The molecule has 4 heteroatoms. The van der Waals surface area contributed by atoms with Crippen LogP contribution in [0.5, 0.6) is 0 Å². The van der Waals surface area contributed by atoms with Crippen molar-refractivity contribution in [3.05, 3.63) is 188 Å². The third-order valence-corrected chi connectivity index (χ3v) is 10.7. The van der Waals surface area contributed by atoms with Gasteiger partial charge in [-0.25, -0.2) is 15.0 Å². The van der Waals surface area contributed by atoms with E-state index in [0.717, 1.165) is 60.5 Å². The summed E-state index contributed by atoms with van der Waals surface area (Å²) in [5, 5.41) is 9.02. The summed E-state index contributed by atoms with van der Waals surface area (Å²) in [6.07, 6.45) is 0. The van der Waals surface area contributed by atoms with Crippen molar-refractivity contribution >= 4 is 54.3 Å². The minimum absolute atomic E-state index is 0.591. The Balaban J connectivity index is 1.14. The fraction of sp³-hybridized carbons (Fsp3) is 0. The van der Waals surface area contributed by atoms with E-state index in [0.29, 0.717) is 17.5 Å². The Hall–Kier alpha value is -7.43. The maximum atomic E-state index is 6.71. The molecule has 55 heavy (non-hydrogen) atoms. The molecule has 0 spiro atoms. The molecule has 0 N–H and O–H groups in total. The lowest BCUT2D eigenvalue weighted by Crippen LogP contribution is -2.01. The number of hydrogen-bond acceptors (Lipinski definition) is 4. The second-order valence-corrected chi connectivity index (χ2v) is 14.0. The zero-order valence-corrected chi connectivity index (χ0v) is 29.6. The van der Waals surface area contributed by atoms with E-state index in [1.165, 1.54) is 32.7 Å². The quantitative estimate of drug-likeness (QED) is 0.168. The smallest absolute Gasteiger partial charge is 0.164 e. The van der Waals surface area contributed by atoms with E-state index in [9.17, 15) is 0 Å². The summed E-state index contributed by atoms with van der Waals surface area (Å²) in [4.78, 5) is 15.7. The molecule has 0 saturated carbocycles. The average Bonchev–Trinajstić information content (AvgIpc) is 3.66. The highest BCUT2D eigenvalue weighted by atomic mass is 16.3. The lowest BCUT2D eigenvalue weighted by atomic mass is 9.96. The van der Waals surface area contributed by atoms with Crippen LogP contribution in [0.4, 0.5) is 0 Å². The van der Waals surface area contributed by atoms with Crippen LogP contribution in [-0.2, 0) is 0 Å². The molecule has 0 atom stereocenters. The van der Waals surface area contributed by atoms with E-state index < -0.39 is 0 Å². The van der Waals surface area contributed by atoms with Gasteiger partial charge in [-0.1, -0.05) is 158 Å². The molecular formula is C51H31N3O. The molecule has 0 aliphatic rings. The normalized spacial score (nSPS) is 11.6. The molecule has 0 amide bonds. The third-order valence-electron chi connectivity index (χ3n) is 10.7. The lowest BCUT2D eigenvalue weighted by molar-refractivity contribution is 0.670. The number of para-hydroxylation sites is 1. The molecule has 0 aliphatic heterocycles. The van der Waals surface area contributed by atoms with Crippen molar-refractivity contribution in [3.8, 4) is 56.4 Å². The average molecular weight is 702 g/mol. The fourth-order valence-corrected chi connectivity index (χ4v) is 7.94. The molecule has 0 unspecified atom stereocenters. The van der Waals surface area contributed by atoms with Gasteiger partial charge in [-0.05, 0) is 79.3 Å². The summed E-state index contributed by atoms with van der Waals surface area (Å²) in [5.74, 6) is 1.82. The number of hydrogen-bond donors (Lipinski definition) is 0. The lowest BCUT2D eigenvalue weighted by Gasteiger charge is -2.12. The fourth-order valence-electron chi connectivity index (χ4n) is 7.94. The molecule has 2 heterocycles. The molecule has 11 aromatic rings. The molecule has 0 aliphatic carbocycles. The van der Waals surface area contributed by atoms with E-state index in [2.05, 4.69) is 170 Å². The van der Waals surface area contributed by atoms with Crippen LogP contribution < -0.4 is 0 Å². The molecule has 256 valence electrons. The predicted molar refractivity (Wildman–Crippen MR) is 227 cm³/mol. The van der Waals surface area contributed by atoms with Crippen LogP contribution in [-0.4, -0.2) is 15.0 Å². The largest absolute Gasteiger partial charge is 0.455 e. The number of nitrogens with zero attached hydrogens (tertiary/aromatic N) is 3. The van der Waals surface area contributed by atoms with Gasteiger partial charge >= 0.3 is 0 Å². The molecule has 2 aromatic heterocycles. The first-order valence-corrected chi connectivity index (χ1v) is 18.5. The van der Waals surface area contributed by atoms with Crippen molar-refractivity contribution in [2.45, 2.75) is 0 Å². The minimum atomic E-state index is 0.591. The SMILES string of the molecule is c1ccc(-c2ccc(-c3ccc(-c4nc(-c5ccc6ccccc6c5)nc(-c5ccc6ccc7ccccc7c6c5)n4)c4c3oc3ccccc34)cc2)cc1. The predicted octanol–water partition coefficient (Wildman–Crippen LogP) is 13.6. The maximum Gasteiger partial charge on any atom is 0.164 e. The van der Waals surface area contributed by atoms with Crippen molar-refractivity contribution in [3.63, 3.8) is 0 Å². The molecule has 0 saturated heterocycles. The summed E-state index contributed by atoms with van der Waals surface area (Å²) in [7, 11) is 0.